The van der Waals surface area contributed by atoms with Crippen LogP contribution in [0.25, 0.3) is 0 Å². The summed E-state index contributed by atoms with van der Waals surface area (Å²) in [5.74, 6) is 0. The van der Waals surface area contributed by atoms with E-state index >= 15 is 0 Å². The molecule has 0 saturated carbocycles. The number of rotatable bonds is 2. The fourth-order valence-corrected chi connectivity index (χ4v) is 24.9. The first kappa shape index (κ1) is 11.3. The predicted molar refractivity (Wildman–Crippen MR) is 60.4 cm³/mol. The average Bonchev–Trinajstić information content (AvgIpc) is 1.80. The summed E-state index contributed by atoms with van der Waals surface area (Å²) in [6.45, 7) is 9.28. The minimum absolute atomic E-state index is 0.393. The van der Waals surface area contributed by atoms with Gasteiger partial charge >= 0.3 is 86.3 Å². The normalized spacial score (nSPS) is 10.1. The Labute approximate surface area is 85.3 Å². The Hall–Kier alpha value is 1.34. The topological polar surface area (TPSA) is 0 Å². The molecule has 0 heterocycles. The molecule has 0 saturated heterocycles. The molecule has 0 aliphatic rings. The van der Waals surface area contributed by atoms with E-state index in [9.17, 15) is 0 Å². The molecule has 3 heteroatoms. The summed E-state index contributed by atoms with van der Waals surface area (Å²) in [4.78, 5) is 0. The van der Waals surface area contributed by atoms with Crippen molar-refractivity contribution in [3.8, 4) is 0 Å². The van der Waals surface area contributed by atoms with Gasteiger partial charge in [-0.3, -0.25) is 0 Å². The summed E-state index contributed by atoms with van der Waals surface area (Å²) in [6, 6.07) is 0. The van der Waals surface area contributed by atoms with Crippen molar-refractivity contribution >= 4 is 45.0 Å². The van der Waals surface area contributed by atoms with Crippen LogP contribution in [0.2, 0.25) is 19.6 Å². The molecule has 0 aromatic rings. The summed E-state index contributed by atoms with van der Waals surface area (Å²) in [5, 5.41) is 0. The minimum atomic E-state index is -0.956. The summed E-state index contributed by atoms with van der Waals surface area (Å²) in [6.07, 6.45) is 2.07. The standard InChI is InChI=1S/C7H13Si.HI.In/c1-5-6-7-8(2,3)4;;/h5H,1-4H3;1H;/q;;+1/p-1. The Morgan fingerprint density at radius 3 is 2.10 bits per heavy atom. The van der Waals surface area contributed by atoms with Crippen molar-refractivity contribution in [3.63, 3.8) is 0 Å². The first-order chi connectivity index (χ1) is 4.52. The Morgan fingerprint density at radius 2 is 2.00 bits per heavy atom. The maximum atomic E-state index is 3.40. The molecule has 0 fully saturated rings. The Morgan fingerprint density at radius 1 is 1.50 bits per heavy atom. The maximum absolute atomic E-state index is 3.40. The van der Waals surface area contributed by atoms with Crippen molar-refractivity contribution in [2.24, 2.45) is 0 Å². The van der Waals surface area contributed by atoms with Crippen LogP contribution in [0.5, 0.6) is 0 Å². The van der Waals surface area contributed by atoms with E-state index in [2.05, 4.69) is 56.5 Å². The molecule has 0 spiro atoms. The number of allylic oxidation sites excluding steroid dienone is 1. The molecule has 55 valence electrons. The van der Waals surface area contributed by atoms with Crippen molar-refractivity contribution < 1.29 is 0 Å². The van der Waals surface area contributed by atoms with Gasteiger partial charge in [-0.2, -0.15) is 0 Å². The van der Waals surface area contributed by atoms with E-state index in [0.29, 0.717) is 0 Å². The van der Waals surface area contributed by atoms with Crippen molar-refractivity contribution in [1.82, 2.24) is 0 Å². The molecular formula is C7H13IInSi. The van der Waals surface area contributed by atoms with Gasteiger partial charge in [-0.1, -0.05) is 0 Å². The second-order valence-electron chi connectivity index (χ2n) is 3.21. The summed E-state index contributed by atoms with van der Waals surface area (Å²) in [7, 11) is -0.956. The molecule has 10 heavy (non-hydrogen) atoms. The quantitative estimate of drug-likeness (QED) is 0.400. The molecule has 0 aromatic carbocycles. The van der Waals surface area contributed by atoms with Gasteiger partial charge in [0, 0.05) is 0 Å². The van der Waals surface area contributed by atoms with Crippen LogP contribution in [0, 0.1) is 0 Å². The van der Waals surface area contributed by atoms with Crippen LogP contribution in [-0.4, -0.2) is 26.8 Å². The van der Waals surface area contributed by atoms with Crippen LogP contribution in [-0.2, 0) is 0 Å². The van der Waals surface area contributed by atoms with E-state index in [1.165, 1.54) is 0 Å². The van der Waals surface area contributed by atoms with Gasteiger partial charge in [-0.25, -0.2) is 0 Å². The van der Waals surface area contributed by atoms with Crippen LogP contribution in [0.1, 0.15) is 6.92 Å². The van der Waals surface area contributed by atoms with E-state index in [-0.39, 0.29) is 0 Å². The third kappa shape index (κ3) is 4.26. The molecule has 0 rings (SSSR count). The van der Waals surface area contributed by atoms with Crippen LogP contribution in [0.4, 0.5) is 0 Å². The average molecular weight is 367 g/mol. The SMILES string of the molecule is CC=C=[C]([In][I])[Si](C)(C)C. The van der Waals surface area contributed by atoms with Crippen molar-refractivity contribution in [1.29, 1.82) is 0 Å². The van der Waals surface area contributed by atoms with E-state index in [4.69, 9.17) is 0 Å². The second-order valence-corrected chi connectivity index (χ2v) is 16.3. The molecule has 0 aliphatic carbocycles. The Balaban J connectivity index is 4.54. The number of hydrogen-bond donors (Lipinski definition) is 0. The van der Waals surface area contributed by atoms with Gasteiger partial charge in [0.15, 0.2) is 0 Å². The van der Waals surface area contributed by atoms with Crippen LogP contribution in [0.15, 0.2) is 14.8 Å². The van der Waals surface area contributed by atoms with Gasteiger partial charge in [0.2, 0.25) is 0 Å². The Bertz CT molecular complexity index is 163. The third-order valence-corrected chi connectivity index (χ3v) is 20.6. The van der Waals surface area contributed by atoms with E-state index in [1.54, 1.807) is 2.95 Å². The summed E-state index contributed by atoms with van der Waals surface area (Å²) in [5.41, 5.74) is 3.40. The Kier molecular flexibility index (Phi) is 5.74. The zero-order chi connectivity index (χ0) is 8.20. The summed E-state index contributed by atoms with van der Waals surface area (Å²) < 4.78 is 1.71. The molecule has 0 atom stereocenters. The molecule has 0 bridgehead atoms. The first-order valence-corrected chi connectivity index (χ1v) is 18.1. The number of hydrogen-bond acceptors (Lipinski definition) is 0. The monoisotopic (exact) mass is 367 g/mol. The molecule has 0 nitrogen and oxygen atoms in total. The van der Waals surface area contributed by atoms with Gasteiger partial charge in [0.25, 0.3) is 0 Å². The van der Waals surface area contributed by atoms with Gasteiger partial charge < -0.3 is 0 Å². The van der Waals surface area contributed by atoms with Gasteiger partial charge in [-0.05, 0) is 0 Å². The third-order valence-electron chi connectivity index (χ3n) is 1.22. The van der Waals surface area contributed by atoms with Gasteiger partial charge in [0.1, 0.15) is 0 Å². The van der Waals surface area contributed by atoms with Crippen LogP contribution < -0.4 is 0 Å². The predicted octanol–water partition coefficient (Wildman–Crippen LogP) is 2.98. The van der Waals surface area contributed by atoms with Crippen molar-refractivity contribution in [2.75, 3.05) is 0 Å². The molecule has 0 amide bonds. The fourth-order valence-electron chi connectivity index (χ4n) is 0.567. The van der Waals surface area contributed by atoms with Crippen LogP contribution in [0.3, 0.4) is 0 Å². The molecular weight excluding hydrogens is 354 g/mol. The van der Waals surface area contributed by atoms with E-state index < -0.39 is 26.8 Å². The molecule has 0 aliphatic heterocycles. The second kappa shape index (κ2) is 5.07. The van der Waals surface area contributed by atoms with Crippen LogP contribution >= 0.6 is 18.1 Å². The molecule has 0 N–H and O–H groups in total. The number of halogens is 1. The van der Waals surface area contributed by atoms with Gasteiger partial charge in [0.05, 0.1) is 0 Å². The van der Waals surface area contributed by atoms with Crippen molar-refractivity contribution in [3.05, 3.63) is 14.8 Å². The van der Waals surface area contributed by atoms with Gasteiger partial charge in [-0.15, -0.1) is 0 Å². The molecule has 0 unspecified atom stereocenters. The molecule has 1 radical (unpaired) electrons. The molecule has 0 aromatic heterocycles. The zero-order valence-electron chi connectivity index (χ0n) is 7.03. The van der Waals surface area contributed by atoms with E-state index in [1.807, 2.05) is 0 Å². The zero-order valence-corrected chi connectivity index (χ0v) is 13.5. The first-order valence-electron chi connectivity index (χ1n) is 3.37. The van der Waals surface area contributed by atoms with Crippen molar-refractivity contribution in [2.45, 2.75) is 26.6 Å². The van der Waals surface area contributed by atoms with E-state index in [0.717, 1.165) is 0 Å². The summed E-state index contributed by atoms with van der Waals surface area (Å²) >= 11 is 2.21. The fraction of sp³-hybridized carbons (Fsp3) is 0.571.